The SMILES string of the molecule is COc1ccc(CN2C(=S)N(c3cccc(C(F)(F)F)c3)C(=O)C2CC(=O)Nc2ccc(F)cc2)cc1OC. The highest BCUT2D eigenvalue weighted by Crippen LogP contribution is 2.35. The van der Waals surface area contributed by atoms with Gasteiger partial charge in [0, 0.05) is 12.2 Å². The van der Waals surface area contributed by atoms with Crippen molar-refractivity contribution >= 4 is 40.5 Å². The van der Waals surface area contributed by atoms with Gasteiger partial charge in [0.2, 0.25) is 5.91 Å². The Morgan fingerprint density at radius 1 is 1.00 bits per heavy atom. The summed E-state index contributed by atoms with van der Waals surface area (Å²) in [6.07, 6.45) is -4.99. The second kappa shape index (κ2) is 11.3. The molecule has 2 amide bonds. The first-order chi connectivity index (χ1) is 18.5. The van der Waals surface area contributed by atoms with Gasteiger partial charge < -0.3 is 19.7 Å². The Bertz CT molecular complexity index is 1400. The third-order valence-corrected chi connectivity index (χ3v) is 6.48. The lowest BCUT2D eigenvalue weighted by atomic mass is 10.1. The molecule has 0 radical (unpaired) electrons. The third kappa shape index (κ3) is 6.11. The molecule has 1 fully saturated rings. The number of rotatable bonds is 8. The van der Waals surface area contributed by atoms with Crippen molar-refractivity contribution in [3.05, 3.63) is 83.7 Å². The highest BCUT2D eigenvalue weighted by Gasteiger charge is 2.44. The number of amides is 2. The zero-order chi connectivity index (χ0) is 28.3. The predicted octanol–water partition coefficient (Wildman–Crippen LogP) is 5.39. The van der Waals surface area contributed by atoms with E-state index in [4.69, 9.17) is 21.7 Å². The summed E-state index contributed by atoms with van der Waals surface area (Å²) in [7, 11) is 2.94. The van der Waals surface area contributed by atoms with Gasteiger partial charge in [0.15, 0.2) is 16.6 Å². The van der Waals surface area contributed by atoms with Crippen molar-refractivity contribution in [3.8, 4) is 11.5 Å². The number of ether oxygens (including phenoxy) is 2. The number of carbonyl (C=O) groups excluding carboxylic acids is 2. The molecule has 1 heterocycles. The summed E-state index contributed by atoms with van der Waals surface area (Å²) in [5, 5.41) is 2.54. The highest BCUT2D eigenvalue weighted by atomic mass is 32.1. The number of nitrogens with one attached hydrogen (secondary N) is 1. The Hall–Kier alpha value is -4.19. The summed E-state index contributed by atoms with van der Waals surface area (Å²) in [5.41, 5.74) is -0.0497. The first-order valence-corrected chi connectivity index (χ1v) is 12.0. The van der Waals surface area contributed by atoms with Crippen LogP contribution in [0.4, 0.5) is 28.9 Å². The Labute approximate surface area is 226 Å². The molecule has 0 spiro atoms. The second-order valence-corrected chi connectivity index (χ2v) is 8.96. The van der Waals surface area contributed by atoms with E-state index >= 15 is 0 Å². The number of nitrogens with zero attached hydrogens (tertiary/aromatic N) is 2. The molecular formula is C27H23F4N3O4S. The molecule has 4 rings (SSSR count). The van der Waals surface area contributed by atoms with E-state index in [1.54, 1.807) is 18.2 Å². The summed E-state index contributed by atoms with van der Waals surface area (Å²) in [6.45, 7) is 0.0505. The van der Waals surface area contributed by atoms with E-state index in [1.165, 1.54) is 55.5 Å². The Kier molecular flexibility index (Phi) is 8.05. The third-order valence-electron chi connectivity index (χ3n) is 6.06. The number of benzene rings is 3. The van der Waals surface area contributed by atoms with Gasteiger partial charge in [0.25, 0.3) is 5.91 Å². The average molecular weight is 562 g/mol. The number of carbonyl (C=O) groups is 2. The van der Waals surface area contributed by atoms with Crippen molar-refractivity contribution in [2.45, 2.75) is 25.2 Å². The second-order valence-electron chi connectivity index (χ2n) is 8.60. The first-order valence-electron chi connectivity index (χ1n) is 11.6. The lowest BCUT2D eigenvalue weighted by molar-refractivity contribution is -0.137. The number of hydrogen-bond acceptors (Lipinski definition) is 5. The molecule has 39 heavy (non-hydrogen) atoms. The number of anilines is 2. The Balaban J connectivity index is 1.66. The molecule has 1 saturated heterocycles. The summed E-state index contributed by atoms with van der Waals surface area (Å²) in [6, 6.07) is 13.3. The van der Waals surface area contributed by atoms with Crippen LogP contribution in [-0.4, -0.2) is 42.1 Å². The van der Waals surface area contributed by atoms with E-state index in [1.807, 2.05) is 0 Å². The molecule has 3 aromatic carbocycles. The van der Waals surface area contributed by atoms with Gasteiger partial charge in [-0.3, -0.25) is 14.5 Å². The minimum Gasteiger partial charge on any atom is -0.493 e. The molecule has 1 aliphatic rings. The summed E-state index contributed by atoms with van der Waals surface area (Å²) in [4.78, 5) is 28.9. The van der Waals surface area contributed by atoms with Crippen molar-refractivity contribution in [2.24, 2.45) is 0 Å². The quantitative estimate of drug-likeness (QED) is 0.294. The normalized spacial score (nSPS) is 15.5. The molecule has 0 bridgehead atoms. The number of alkyl halides is 3. The Morgan fingerprint density at radius 2 is 1.69 bits per heavy atom. The van der Waals surface area contributed by atoms with Crippen LogP contribution in [0.15, 0.2) is 66.7 Å². The monoisotopic (exact) mass is 561 g/mol. The van der Waals surface area contributed by atoms with Crippen LogP contribution in [0.5, 0.6) is 11.5 Å². The lowest BCUT2D eigenvalue weighted by Crippen LogP contribution is -2.37. The topological polar surface area (TPSA) is 71.1 Å². The van der Waals surface area contributed by atoms with Gasteiger partial charge in [-0.15, -0.1) is 0 Å². The van der Waals surface area contributed by atoms with Gasteiger partial charge in [-0.2, -0.15) is 13.2 Å². The first kappa shape index (κ1) is 27.8. The standard InChI is InChI=1S/C27H23F4N3O4S/c1-37-22-11-6-16(12-23(22)38-2)15-33-21(14-24(35)32-19-9-7-18(28)8-10-19)25(36)34(26(33)39)20-5-3-4-17(13-20)27(29,30)31/h3-13,21H,14-15H2,1-2H3,(H,32,35). The molecule has 7 nitrogen and oxygen atoms in total. The summed E-state index contributed by atoms with van der Waals surface area (Å²) < 4.78 is 64.0. The summed E-state index contributed by atoms with van der Waals surface area (Å²) in [5.74, 6) is -0.809. The van der Waals surface area contributed by atoms with Crippen molar-refractivity contribution in [1.29, 1.82) is 0 Å². The fraction of sp³-hybridized carbons (Fsp3) is 0.222. The maximum Gasteiger partial charge on any atom is 0.416 e. The molecule has 1 aliphatic heterocycles. The average Bonchev–Trinajstić information content (AvgIpc) is 3.13. The molecule has 0 saturated carbocycles. The lowest BCUT2D eigenvalue weighted by Gasteiger charge is -2.24. The molecule has 1 N–H and O–H groups in total. The highest BCUT2D eigenvalue weighted by molar-refractivity contribution is 7.80. The van der Waals surface area contributed by atoms with Crippen LogP contribution in [0.25, 0.3) is 0 Å². The van der Waals surface area contributed by atoms with Crippen LogP contribution >= 0.6 is 12.2 Å². The van der Waals surface area contributed by atoms with Crippen LogP contribution in [0.3, 0.4) is 0 Å². The number of thiocarbonyl (C=S) groups is 1. The van der Waals surface area contributed by atoms with Gasteiger partial charge in [-0.05, 0) is 72.4 Å². The molecule has 1 atom stereocenters. The van der Waals surface area contributed by atoms with Gasteiger partial charge in [0.1, 0.15) is 11.9 Å². The van der Waals surface area contributed by atoms with E-state index in [-0.39, 0.29) is 23.8 Å². The maximum absolute atomic E-state index is 13.6. The van der Waals surface area contributed by atoms with Gasteiger partial charge in [0.05, 0.1) is 31.9 Å². The smallest absolute Gasteiger partial charge is 0.416 e. The van der Waals surface area contributed by atoms with Crippen molar-refractivity contribution < 1.29 is 36.6 Å². The molecule has 12 heteroatoms. The number of methoxy groups -OCH3 is 2. The van der Waals surface area contributed by atoms with E-state index in [2.05, 4.69) is 5.32 Å². The fourth-order valence-corrected chi connectivity index (χ4v) is 4.56. The minimum absolute atomic E-state index is 0.0505. The van der Waals surface area contributed by atoms with Crippen molar-refractivity contribution in [1.82, 2.24) is 4.90 Å². The zero-order valence-electron chi connectivity index (χ0n) is 20.8. The molecule has 3 aromatic rings. The molecule has 1 unspecified atom stereocenters. The largest absolute Gasteiger partial charge is 0.493 e. The van der Waals surface area contributed by atoms with E-state index in [0.29, 0.717) is 22.7 Å². The summed E-state index contributed by atoms with van der Waals surface area (Å²) >= 11 is 5.56. The van der Waals surface area contributed by atoms with Crippen molar-refractivity contribution in [3.63, 3.8) is 0 Å². The zero-order valence-corrected chi connectivity index (χ0v) is 21.6. The van der Waals surface area contributed by atoms with Crippen molar-refractivity contribution in [2.75, 3.05) is 24.4 Å². The van der Waals surface area contributed by atoms with Gasteiger partial charge in [-0.25, -0.2) is 4.39 Å². The Morgan fingerprint density at radius 3 is 2.33 bits per heavy atom. The van der Waals surface area contributed by atoms with Gasteiger partial charge in [-0.1, -0.05) is 12.1 Å². The van der Waals surface area contributed by atoms with Crippen LogP contribution in [0.2, 0.25) is 0 Å². The van der Waals surface area contributed by atoms with E-state index < -0.39 is 35.4 Å². The van der Waals surface area contributed by atoms with Crippen LogP contribution in [0.1, 0.15) is 17.5 Å². The van der Waals surface area contributed by atoms with Gasteiger partial charge >= 0.3 is 6.18 Å². The number of hydrogen-bond donors (Lipinski definition) is 1. The van der Waals surface area contributed by atoms with E-state index in [0.717, 1.165) is 17.0 Å². The predicted molar refractivity (Wildman–Crippen MR) is 140 cm³/mol. The molecule has 204 valence electrons. The van der Waals surface area contributed by atoms with Crippen LogP contribution in [0, 0.1) is 5.82 Å². The van der Waals surface area contributed by atoms with Crippen LogP contribution in [-0.2, 0) is 22.3 Å². The minimum atomic E-state index is -4.63. The molecule has 0 aliphatic carbocycles. The van der Waals surface area contributed by atoms with Crippen LogP contribution < -0.4 is 19.7 Å². The number of halogens is 4. The maximum atomic E-state index is 13.6. The molecular weight excluding hydrogens is 538 g/mol. The molecule has 0 aromatic heterocycles. The van der Waals surface area contributed by atoms with E-state index in [9.17, 15) is 27.2 Å². The fourth-order valence-electron chi connectivity index (χ4n) is 4.17.